The van der Waals surface area contributed by atoms with Gasteiger partial charge in [0.15, 0.2) is 0 Å². The first-order chi connectivity index (χ1) is 12.5. The van der Waals surface area contributed by atoms with Crippen LogP contribution in [-0.2, 0) is 11.3 Å². The van der Waals surface area contributed by atoms with Crippen LogP contribution in [0.2, 0.25) is 6.04 Å². The van der Waals surface area contributed by atoms with E-state index in [2.05, 4.69) is 51.3 Å². The number of allylic oxidation sites excluding steroid dienone is 1. The normalized spacial score (nSPS) is 30.2. The van der Waals surface area contributed by atoms with Gasteiger partial charge in [-0.2, -0.15) is 0 Å². The molecule has 0 aromatic heterocycles. The van der Waals surface area contributed by atoms with Gasteiger partial charge in [-0.05, 0) is 90.5 Å². The highest BCUT2D eigenvalue weighted by Gasteiger charge is 2.45. The molecule has 0 saturated heterocycles. The molecule has 0 heterocycles. The molecule has 0 amide bonds. The molecule has 4 bridgehead atoms. The van der Waals surface area contributed by atoms with Crippen LogP contribution in [-0.4, -0.2) is 9.76 Å². The first-order valence-corrected chi connectivity index (χ1v) is 12.1. The van der Waals surface area contributed by atoms with E-state index in [1.54, 1.807) is 5.57 Å². The van der Waals surface area contributed by atoms with Gasteiger partial charge in [0.2, 0.25) is 9.76 Å². The Bertz CT molecular complexity index is 628. The zero-order valence-corrected chi connectivity index (χ0v) is 18.1. The van der Waals surface area contributed by atoms with E-state index >= 15 is 0 Å². The van der Waals surface area contributed by atoms with E-state index < -0.39 is 9.76 Å². The zero-order chi connectivity index (χ0) is 18.1. The molecule has 2 nitrogen and oxygen atoms in total. The van der Waals surface area contributed by atoms with Gasteiger partial charge >= 0.3 is 0 Å². The predicted octanol–water partition coefficient (Wildman–Crippen LogP) is 5.47. The van der Waals surface area contributed by atoms with Crippen LogP contribution < -0.4 is 4.43 Å². The van der Waals surface area contributed by atoms with E-state index in [0.29, 0.717) is 12.0 Å². The molecule has 0 unspecified atom stereocenters. The van der Waals surface area contributed by atoms with Crippen molar-refractivity contribution in [3.8, 4) is 5.75 Å². The van der Waals surface area contributed by atoms with Crippen LogP contribution in [0, 0.1) is 29.1 Å². The first kappa shape index (κ1) is 18.2. The molecule has 142 valence electrons. The smallest absolute Gasteiger partial charge is 0.220 e. The summed E-state index contributed by atoms with van der Waals surface area (Å²) in [5.74, 6) is 4.69. The Morgan fingerprint density at radius 3 is 2.38 bits per heavy atom. The highest BCUT2D eigenvalue weighted by molar-refractivity contribution is 6.28. The van der Waals surface area contributed by atoms with Gasteiger partial charge in [-0.3, -0.25) is 0 Å². The SMILES string of the molecule is CC(C)(C)C[SiH2]Oc1cccc(COC=C2C3CC4CC(C3)CC2C4)c1. The summed E-state index contributed by atoms with van der Waals surface area (Å²) in [7, 11) is -0.506. The Hall–Kier alpha value is -1.22. The Kier molecular flexibility index (Phi) is 5.18. The van der Waals surface area contributed by atoms with Gasteiger partial charge in [-0.1, -0.05) is 32.9 Å². The molecule has 5 rings (SSSR count). The first-order valence-electron chi connectivity index (χ1n) is 10.5. The van der Waals surface area contributed by atoms with Crippen molar-refractivity contribution in [2.45, 2.75) is 65.5 Å². The minimum Gasteiger partial charge on any atom is -0.549 e. The molecular formula is C23H34O2Si. The summed E-state index contributed by atoms with van der Waals surface area (Å²) < 4.78 is 12.1. The summed E-state index contributed by atoms with van der Waals surface area (Å²) >= 11 is 0. The zero-order valence-electron chi connectivity index (χ0n) is 16.7. The van der Waals surface area contributed by atoms with Crippen molar-refractivity contribution in [2.75, 3.05) is 0 Å². The predicted molar refractivity (Wildman–Crippen MR) is 110 cm³/mol. The monoisotopic (exact) mass is 370 g/mol. The summed E-state index contributed by atoms with van der Waals surface area (Å²) in [5, 5.41) is 0. The average Bonchev–Trinajstić information content (AvgIpc) is 2.56. The van der Waals surface area contributed by atoms with Crippen LogP contribution in [0.1, 0.15) is 58.4 Å². The summed E-state index contributed by atoms with van der Waals surface area (Å²) in [5.41, 5.74) is 3.22. The minimum atomic E-state index is -0.506. The maximum Gasteiger partial charge on any atom is 0.220 e. The third-order valence-electron chi connectivity index (χ3n) is 6.57. The van der Waals surface area contributed by atoms with Crippen LogP contribution in [0.3, 0.4) is 0 Å². The molecule has 0 atom stereocenters. The highest BCUT2D eigenvalue weighted by atomic mass is 28.2. The molecule has 1 aromatic rings. The van der Waals surface area contributed by atoms with Crippen molar-refractivity contribution >= 4 is 9.76 Å². The fraction of sp³-hybridized carbons (Fsp3) is 0.652. The second-order valence-corrected chi connectivity index (χ2v) is 11.2. The molecule has 0 aliphatic heterocycles. The van der Waals surface area contributed by atoms with Crippen molar-refractivity contribution in [1.29, 1.82) is 0 Å². The molecule has 1 aromatic carbocycles. The van der Waals surface area contributed by atoms with E-state index in [1.807, 2.05) is 0 Å². The Labute approximate surface area is 161 Å². The Balaban J connectivity index is 1.30. The molecule has 26 heavy (non-hydrogen) atoms. The van der Waals surface area contributed by atoms with Gasteiger partial charge < -0.3 is 9.16 Å². The van der Waals surface area contributed by atoms with Crippen LogP contribution >= 0.6 is 0 Å². The lowest BCUT2D eigenvalue weighted by atomic mass is 9.54. The molecule has 0 N–H and O–H groups in total. The van der Waals surface area contributed by atoms with Crippen LogP contribution in [0.15, 0.2) is 36.1 Å². The lowest BCUT2D eigenvalue weighted by Crippen LogP contribution is -2.40. The van der Waals surface area contributed by atoms with Gasteiger partial charge in [0.1, 0.15) is 12.4 Å². The summed E-state index contributed by atoms with van der Waals surface area (Å²) in [6, 6.07) is 9.67. The number of hydrogen-bond acceptors (Lipinski definition) is 2. The van der Waals surface area contributed by atoms with E-state index in [4.69, 9.17) is 9.16 Å². The minimum absolute atomic E-state index is 0.373. The second kappa shape index (κ2) is 7.42. The van der Waals surface area contributed by atoms with E-state index in [0.717, 1.165) is 29.4 Å². The van der Waals surface area contributed by atoms with Crippen molar-refractivity contribution < 1.29 is 9.16 Å². The molecule has 4 fully saturated rings. The third kappa shape index (κ3) is 4.36. The molecule has 4 aliphatic rings. The molecule has 0 radical (unpaired) electrons. The molecule has 3 heteroatoms. The maximum atomic E-state index is 6.06. The molecular weight excluding hydrogens is 336 g/mol. The summed E-state index contributed by atoms with van der Waals surface area (Å²) in [6.07, 6.45) is 9.32. The Morgan fingerprint density at radius 2 is 1.73 bits per heavy atom. The van der Waals surface area contributed by atoms with Crippen molar-refractivity contribution in [2.24, 2.45) is 29.1 Å². The number of hydrogen-bond donors (Lipinski definition) is 0. The summed E-state index contributed by atoms with van der Waals surface area (Å²) in [4.78, 5) is 0. The maximum absolute atomic E-state index is 6.06. The lowest BCUT2D eigenvalue weighted by molar-refractivity contribution is 0.0632. The fourth-order valence-electron chi connectivity index (χ4n) is 5.36. The van der Waals surface area contributed by atoms with Gasteiger partial charge in [0.25, 0.3) is 0 Å². The van der Waals surface area contributed by atoms with Crippen LogP contribution in [0.5, 0.6) is 5.75 Å². The fourth-order valence-corrected chi connectivity index (χ4v) is 6.48. The quantitative estimate of drug-likeness (QED) is 0.488. The van der Waals surface area contributed by atoms with Crippen molar-refractivity contribution in [3.05, 3.63) is 41.7 Å². The standard InChI is InChI=1S/C23H34O2Si/c1-23(2,3)15-26-25-21-6-4-5-16(12-21)13-24-14-22-19-8-17-7-18(10-19)11-20(22)9-17/h4-6,12,14,17-20H,7-11,13,15,26H2,1-3H3. The van der Waals surface area contributed by atoms with Crippen molar-refractivity contribution in [3.63, 3.8) is 0 Å². The van der Waals surface area contributed by atoms with E-state index in [9.17, 15) is 0 Å². The number of ether oxygens (including phenoxy) is 1. The average molecular weight is 371 g/mol. The third-order valence-corrected chi connectivity index (χ3v) is 8.81. The lowest BCUT2D eigenvalue weighted by Gasteiger charge is -2.51. The van der Waals surface area contributed by atoms with Gasteiger partial charge in [-0.15, -0.1) is 0 Å². The largest absolute Gasteiger partial charge is 0.549 e. The van der Waals surface area contributed by atoms with Gasteiger partial charge in [0, 0.05) is 0 Å². The van der Waals surface area contributed by atoms with Gasteiger partial charge in [0.05, 0.1) is 6.26 Å². The molecule has 4 saturated carbocycles. The van der Waals surface area contributed by atoms with Crippen molar-refractivity contribution in [1.82, 2.24) is 0 Å². The second-order valence-electron chi connectivity index (χ2n) is 10.0. The highest BCUT2D eigenvalue weighted by Crippen LogP contribution is 2.56. The molecule has 4 aliphatic carbocycles. The Morgan fingerprint density at radius 1 is 1.04 bits per heavy atom. The van der Waals surface area contributed by atoms with Crippen LogP contribution in [0.25, 0.3) is 0 Å². The van der Waals surface area contributed by atoms with E-state index in [1.165, 1.54) is 43.7 Å². The summed E-state index contributed by atoms with van der Waals surface area (Å²) in [6.45, 7) is 7.51. The van der Waals surface area contributed by atoms with E-state index in [-0.39, 0.29) is 0 Å². The number of benzene rings is 1. The van der Waals surface area contributed by atoms with Crippen LogP contribution in [0.4, 0.5) is 0 Å². The topological polar surface area (TPSA) is 18.5 Å². The molecule has 0 spiro atoms. The van der Waals surface area contributed by atoms with Gasteiger partial charge in [-0.25, -0.2) is 0 Å². The number of rotatable bonds is 6.